The highest BCUT2D eigenvalue weighted by Crippen LogP contribution is 2.44. The summed E-state index contributed by atoms with van der Waals surface area (Å²) in [7, 11) is 0. The fourth-order valence-corrected chi connectivity index (χ4v) is 2.73. The van der Waals surface area contributed by atoms with E-state index in [0.717, 1.165) is 32.1 Å². The molecule has 0 aliphatic rings. The molecule has 4 heteroatoms. The number of unbranched alkanes of at least 4 members (excludes halogenated alkanes) is 2. The van der Waals surface area contributed by atoms with Gasteiger partial charge in [0.05, 0.1) is 0 Å². The molecule has 0 aromatic carbocycles. The van der Waals surface area contributed by atoms with Crippen molar-refractivity contribution in [3.8, 4) is 0 Å². The van der Waals surface area contributed by atoms with Gasteiger partial charge in [-0.2, -0.15) is 0 Å². The molecule has 0 saturated carbocycles. The number of carboxylic acids is 2. The summed E-state index contributed by atoms with van der Waals surface area (Å²) in [5, 5.41) is 18.7. The average molecular weight is 298 g/mol. The topological polar surface area (TPSA) is 74.6 Å². The van der Waals surface area contributed by atoms with E-state index in [1.165, 1.54) is 0 Å². The Kier molecular flexibility index (Phi) is 8.30. The smallest absolute Gasteiger partial charge is 0.343 e. The molecule has 2 N–H and O–H groups in total. The number of carboxylic acid groups (broad SMARTS) is 2. The van der Waals surface area contributed by atoms with E-state index < -0.39 is 17.5 Å². The molecule has 0 spiro atoms. The van der Waals surface area contributed by atoms with Crippen LogP contribution < -0.4 is 0 Å². The zero-order chi connectivity index (χ0) is 16.6. The lowest BCUT2D eigenvalue weighted by atomic mass is 9.67. The van der Waals surface area contributed by atoms with E-state index in [9.17, 15) is 19.8 Å². The molecule has 0 fully saturated rings. The van der Waals surface area contributed by atoms with Gasteiger partial charge in [0.25, 0.3) is 0 Å². The second-order valence-electron chi connectivity index (χ2n) is 6.24. The molecule has 0 bridgehead atoms. The van der Waals surface area contributed by atoms with Crippen molar-refractivity contribution < 1.29 is 19.8 Å². The Morgan fingerprint density at radius 3 is 1.81 bits per heavy atom. The average Bonchev–Trinajstić information content (AvgIpc) is 2.39. The molecule has 0 aliphatic carbocycles. The first-order valence-corrected chi connectivity index (χ1v) is 7.92. The van der Waals surface area contributed by atoms with Crippen LogP contribution in [0.15, 0.2) is 11.1 Å². The van der Waals surface area contributed by atoms with Crippen LogP contribution in [0.2, 0.25) is 0 Å². The number of rotatable bonds is 10. The van der Waals surface area contributed by atoms with Crippen molar-refractivity contribution in [2.75, 3.05) is 0 Å². The van der Waals surface area contributed by atoms with E-state index in [0.29, 0.717) is 12.0 Å². The van der Waals surface area contributed by atoms with Crippen molar-refractivity contribution in [1.29, 1.82) is 0 Å². The molecule has 0 saturated heterocycles. The van der Waals surface area contributed by atoms with E-state index in [1.54, 1.807) is 0 Å². The maximum atomic E-state index is 11.4. The Hall–Kier alpha value is -1.32. The number of aliphatic carboxylic acids is 2. The minimum Gasteiger partial charge on any atom is -0.477 e. The predicted octanol–water partition coefficient (Wildman–Crippen LogP) is 4.49. The highest BCUT2D eigenvalue weighted by atomic mass is 16.4. The second kappa shape index (κ2) is 8.85. The fourth-order valence-electron chi connectivity index (χ4n) is 2.73. The quantitative estimate of drug-likeness (QED) is 0.354. The summed E-state index contributed by atoms with van der Waals surface area (Å²) in [6.45, 7) is 10.2. The molecular formula is C17H30O4. The van der Waals surface area contributed by atoms with Crippen LogP contribution in [0.1, 0.15) is 73.1 Å². The SMILES string of the molecule is CCCCC(=C(C(=O)O)C(=O)O)C(C)(CCCC)C(C)C. The van der Waals surface area contributed by atoms with Gasteiger partial charge in [-0.25, -0.2) is 9.59 Å². The van der Waals surface area contributed by atoms with Crippen LogP contribution in [0, 0.1) is 11.3 Å². The summed E-state index contributed by atoms with van der Waals surface area (Å²) >= 11 is 0. The Labute approximate surface area is 128 Å². The van der Waals surface area contributed by atoms with Gasteiger partial charge in [-0.3, -0.25) is 0 Å². The molecule has 122 valence electrons. The van der Waals surface area contributed by atoms with Gasteiger partial charge in [-0.15, -0.1) is 0 Å². The van der Waals surface area contributed by atoms with Crippen LogP contribution in [0.3, 0.4) is 0 Å². The van der Waals surface area contributed by atoms with Gasteiger partial charge in [0.2, 0.25) is 0 Å². The van der Waals surface area contributed by atoms with Crippen LogP contribution in [0.4, 0.5) is 0 Å². The molecule has 0 amide bonds. The van der Waals surface area contributed by atoms with Gasteiger partial charge in [0.1, 0.15) is 5.57 Å². The Morgan fingerprint density at radius 1 is 1.00 bits per heavy atom. The van der Waals surface area contributed by atoms with Gasteiger partial charge in [0.15, 0.2) is 0 Å². The van der Waals surface area contributed by atoms with Crippen LogP contribution >= 0.6 is 0 Å². The Morgan fingerprint density at radius 2 is 1.48 bits per heavy atom. The molecule has 21 heavy (non-hydrogen) atoms. The van der Waals surface area contributed by atoms with Crippen molar-refractivity contribution in [2.24, 2.45) is 11.3 Å². The van der Waals surface area contributed by atoms with Crippen molar-refractivity contribution in [2.45, 2.75) is 73.1 Å². The summed E-state index contributed by atoms with van der Waals surface area (Å²) in [5.74, 6) is -2.45. The van der Waals surface area contributed by atoms with Gasteiger partial charge in [-0.05, 0) is 36.2 Å². The molecule has 0 radical (unpaired) electrons. The molecule has 0 aromatic heterocycles. The third kappa shape index (κ3) is 5.18. The van der Waals surface area contributed by atoms with Crippen LogP contribution in [0.5, 0.6) is 0 Å². The maximum Gasteiger partial charge on any atom is 0.343 e. The second-order valence-corrected chi connectivity index (χ2v) is 6.24. The molecule has 1 unspecified atom stereocenters. The minimum absolute atomic E-state index is 0.199. The van der Waals surface area contributed by atoms with Crippen molar-refractivity contribution in [3.63, 3.8) is 0 Å². The Bertz CT molecular complexity index is 380. The largest absolute Gasteiger partial charge is 0.477 e. The zero-order valence-corrected chi connectivity index (χ0v) is 14.0. The fraction of sp³-hybridized carbons (Fsp3) is 0.765. The monoisotopic (exact) mass is 298 g/mol. The minimum atomic E-state index is -1.32. The van der Waals surface area contributed by atoms with E-state index in [-0.39, 0.29) is 11.3 Å². The van der Waals surface area contributed by atoms with E-state index in [1.807, 2.05) is 27.7 Å². The van der Waals surface area contributed by atoms with Crippen molar-refractivity contribution in [1.82, 2.24) is 0 Å². The van der Waals surface area contributed by atoms with E-state index >= 15 is 0 Å². The van der Waals surface area contributed by atoms with Crippen molar-refractivity contribution in [3.05, 3.63) is 11.1 Å². The molecule has 0 aliphatic heterocycles. The zero-order valence-electron chi connectivity index (χ0n) is 14.0. The number of hydrogen-bond acceptors (Lipinski definition) is 2. The van der Waals surface area contributed by atoms with Gasteiger partial charge in [0, 0.05) is 0 Å². The summed E-state index contributed by atoms with van der Waals surface area (Å²) in [6, 6.07) is 0. The molecular weight excluding hydrogens is 268 g/mol. The van der Waals surface area contributed by atoms with Crippen LogP contribution in [-0.2, 0) is 9.59 Å². The number of carbonyl (C=O) groups is 2. The van der Waals surface area contributed by atoms with Gasteiger partial charge in [-0.1, -0.05) is 53.9 Å². The van der Waals surface area contributed by atoms with E-state index in [4.69, 9.17) is 0 Å². The Balaban J connectivity index is 5.99. The lowest BCUT2D eigenvalue weighted by molar-refractivity contribution is -0.140. The normalized spacial score (nSPS) is 13.8. The summed E-state index contributed by atoms with van der Waals surface area (Å²) in [5.41, 5.74) is -0.194. The molecule has 0 aromatic rings. The summed E-state index contributed by atoms with van der Waals surface area (Å²) in [6.07, 6.45) is 5.08. The molecule has 4 nitrogen and oxygen atoms in total. The van der Waals surface area contributed by atoms with E-state index in [2.05, 4.69) is 6.92 Å². The lowest BCUT2D eigenvalue weighted by Crippen LogP contribution is -2.30. The van der Waals surface area contributed by atoms with Gasteiger partial charge < -0.3 is 10.2 Å². The lowest BCUT2D eigenvalue weighted by Gasteiger charge is -2.37. The van der Waals surface area contributed by atoms with Crippen molar-refractivity contribution >= 4 is 11.9 Å². The summed E-state index contributed by atoms with van der Waals surface area (Å²) in [4.78, 5) is 22.9. The van der Waals surface area contributed by atoms with Gasteiger partial charge >= 0.3 is 11.9 Å². The third-order valence-corrected chi connectivity index (χ3v) is 4.52. The third-order valence-electron chi connectivity index (χ3n) is 4.52. The van der Waals surface area contributed by atoms with Crippen LogP contribution in [-0.4, -0.2) is 22.2 Å². The first-order chi connectivity index (χ1) is 9.72. The maximum absolute atomic E-state index is 11.4. The molecule has 0 rings (SSSR count). The highest BCUT2D eigenvalue weighted by Gasteiger charge is 2.37. The number of hydrogen-bond donors (Lipinski definition) is 2. The first-order valence-electron chi connectivity index (χ1n) is 7.92. The molecule has 1 atom stereocenters. The predicted molar refractivity (Wildman–Crippen MR) is 84.3 cm³/mol. The molecule has 0 heterocycles. The summed E-state index contributed by atoms with van der Waals surface area (Å²) < 4.78 is 0. The first kappa shape index (κ1) is 19.7. The standard InChI is InChI=1S/C17H30O4/c1-6-8-10-13(14(15(18)19)16(20)21)17(5,12(3)4)11-9-7-2/h12H,6-11H2,1-5H3,(H,18,19)(H,20,21). The number of allylic oxidation sites excluding steroid dienone is 1. The van der Waals surface area contributed by atoms with Crippen LogP contribution in [0.25, 0.3) is 0 Å². The highest BCUT2D eigenvalue weighted by molar-refractivity contribution is 6.13.